The quantitative estimate of drug-likeness (QED) is 0.624. The van der Waals surface area contributed by atoms with Crippen molar-refractivity contribution >= 4 is 0 Å². The highest BCUT2D eigenvalue weighted by Gasteiger charge is 1.92. The lowest BCUT2D eigenvalue weighted by molar-refractivity contribution is 0.0827. The maximum absolute atomic E-state index is 5.23. The van der Waals surface area contributed by atoms with Crippen LogP contribution in [0.5, 0.6) is 0 Å². The van der Waals surface area contributed by atoms with E-state index in [2.05, 4.69) is 4.98 Å². The lowest BCUT2D eigenvalue weighted by atomic mass is 10.3. The van der Waals surface area contributed by atoms with Crippen LogP contribution in [0.2, 0.25) is 0 Å². The molecule has 0 N–H and O–H groups in total. The molecule has 1 radical (unpaired) electrons. The third kappa shape index (κ3) is 4.60. The van der Waals surface area contributed by atoms with Gasteiger partial charge in [-0.2, -0.15) is 0 Å². The fourth-order valence-corrected chi connectivity index (χ4v) is 0.852. The Morgan fingerprint density at radius 2 is 2.38 bits per heavy atom. The molecule has 0 atom stereocenters. The van der Waals surface area contributed by atoms with Gasteiger partial charge in [0.25, 0.3) is 0 Å². The van der Waals surface area contributed by atoms with E-state index in [1.807, 2.05) is 19.1 Å². The predicted octanol–water partition coefficient (Wildman–Crippen LogP) is 1.64. The Kier molecular flexibility index (Phi) is 5.13. The Morgan fingerprint density at radius 1 is 1.46 bits per heavy atom. The smallest absolute Gasteiger partial charge is 0.114 e. The van der Waals surface area contributed by atoms with Gasteiger partial charge in [-0.3, -0.25) is 4.98 Å². The van der Waals surface area contributed by atoms with Gasteiger partial charge in [-0.25, -0.2) is 0 Å². The van der Waals surface area contributed by atoms with Gasteiger partial charge in [-0.15, -0.1) is 0 Å². The average molecular weight is 180 g/mol. The van der Waals surface area contributed by atoms with Crippen LogP contribution >= 0.6 is 0 Å². The summed E-state index contributed by atoms with van der Waals surface area (Å²) in [5, 5.41) is 0. The normalized spacial score (nSPS) is 10.2. The third-order valence-electron chi connectivity index (χ3n) is 1.45. The van der Waals surface area contributed by atoms with Crippen LogP contribution in [0, 0.1) is 6.61 Å². The molecule has 0 aliphatic carbocycles. The second-order valence-electron chi connectivity index (χ2n) is 2.47. The van der Waals surface area contributed by atoms with Crippen molar-refractivity contribution in [2.45, 2.75) is 6.92 Å². The highest BCUT2D eigenvalue weighted by Crippen LogP contribution is 1.99. The maximum atomic E-state index is 5.23. The number of hydrogen-bond acceptors (Lipinski definition) is 3. The number of hydrogen-bond donors (Lipinski definition) is 0. The van der Waals surface area contributed by atoms with Crippen molar-refractivity contribution in [2.24, 2.45) is 0 Å². The van der Waals surface area contributed by atoms with Gasteiger partial charge in [-0.1, -0.05) is 6.07 Å². The molecule has 0 fully saturated rings. The second kappa shape index (κ2) is 6.57. The largest absolute Gasteiger partial charge is 0.379 e. The molecule has 1 aromatic heterocycles. The predicted molar refractivity (Wildman–Crippen MR) is 50.1 cm³/mol. The van der Waals surface area contributed by atoms with E-state index in [9.17, 15) is 0 Å². The Bertz CT molecular complexity index is 213. The molecular formula is C10H14NO2. The van der Waals surface area contributed by atoms with Gasteiger partial charge in [0.2, 0.25) is 0 Å². The van der Waals surface area contributed by atoms with Crippen molar-refractivity contribution < 1.29 is 9.47 Å². The van der Waals surface area contributed by atoms with E-state index in [1.165, 1.54) is 0 Å². The molecule has 13 heavy (non-hydrogen) atoms. The molecule has 71 valence electrons. The fraction of sp³-hybridized carbons (Fsp3) is 0.400. The van der Waals surface area contributed by atoms with Crippen LogP contribution in [0.15, 0.2) is 24.5 Å². The zero-order valence-electron chi connectivity index (χ0n) is 7.77. The van der Waals surface area contributed by atoms with Gasteiger partial charge >= 0.3 is 0 Å². The minimum absolute atomic E-state index is 0.586. The minimum Gasteiger partial charge on any atom is -0.379 e. The third-order valence-corrected chi connectivity index (χ3v) is 1.45. The molecule has 3 heteroatoms. The number of ether oxygens (including phenoxy) is 2. The fourth-order valence-electron chi connectivity index (χ4n) is 0.852. The first-order valence-corrected chi connectivity index (χ1v) is 4.36. The molecule has 0 unspecified atom stereocenters. The van der Waals surface area contributed by atoms with E-state index >= 15 is 0 Å². The van der Waals surface area contributed by atoms with Crippen molar-refractivity contribution in [1.82, 2.24) is 4.98 Å². The van der Waals surface area contributed by atoms with E-state index in [-0.39, 0.29) is 0 Å². The van der Waals surface area contributed by atoms with Gasteiger partial charge in [0, 0.05) is 24.6 Å². The summed E-state index contributed by atoms with van der Waals surface area (Å²) in [6, 6.07) is 3.81. The zero-order valence-corrected chi connectivity index (χ0v) is 7.77. The van der Waals surface area contributed by atoms with Crippen molar-refractivity contribution in [1.29, 1.82) is 0 Å². The van der Waals surface area contributed by atoms with E-state index in [0.29, 0.717) is 13.2 Å². The van der Waals surface area contributed by atoms with E-state index < -0.39 is 0 Å². The summed E-state index contributed by atoms with van der Waals surface area (Å²) in [5.41, 5.74) is 0.971. The first-order chi connectivity index (χ1) is 6.43. The summed E-state index contributed by atoms with van der Waals surface area (Å²) in [7, 11) is 0. The Morgan fingerprint density at radius 3 is 3.08 bits per heavy atom. The first-order valence-electron chi connectivity index (χ1n) is 4.36. The topological polar surface area (TPSA) is 31.4 Å². The molecule has 3 nitrogen and oxygen atoms in total. The maximum Gasteiger partial charge on any atom is 0.114 e. The number of aromatic nitrogens is 1. The van der Waals surface area contributed by atoms with E-state index in [1.54, 1.807) is 19.0 Å². The molecule has 0 aromatic carbocycles. The molecular weight excluding hydrogens is 166 g/mol. The molecule has 0 saturated heterocycles. The number of nitrogens with zero attached hydrogens (tertiary/aromatic N) is 1. The minimum atomic E-state index is 0.586. The van der Waals surface area contributed by atoms with Crippen molar-refractivity contribution in [3.63, 3.8) is 0 Å². The second-order valence-corrected chi connectivity index (χ2v) is 2.47. The summed E-state index contributed by atoms with van der Waals surface area (Å²) < 4.78 is 10.3. The van der Waals surface area contributed by atoms with E-state index in [0.717, 1.165) is 12.2 Å². The van der Waals surface area contributed by atoms with Crippen LogP contribution in [0.25, 0.3) is 0 Å². The van der Waals surface area contributed by atoms with Gasteiger partial charge in [0.05, 0.1) is 13.2 Å². The average Bonchev–Trinajstić information content (AvgIpc) is 2.19. The highest BCUT2D eigenvalue weighted by atomic mass is 16.5. The van der Waals surface area contributed by atoms with E-state index in [4.69, 9.17) is 9.47 Å². The zero-order chi connectivity index (χ0) is 9.36. The monoisotopic (exact) mass is 180 g/mol. The van der Waals surface area contributed by atoms with Gasteiger partial charge < -0.3 is 9.47 Å². The Labute approximate surface area is 78.7 Å². The molecule has 0 aliphatic heterocycles. The summed E-state index contributed by atoms with van der Waals surface area (Å²) in [5.74, 6) is 0. The van der Waals surface area contributed by atoms with Gasteiger partial charge in [0.1, 0.15) is 6.61 Å². The highest BCUT2D eigenvalue weighted by molar-refractivity contribution is 5.14. The molecule has 0 aliphatic rings. The van der Waals surface area contributed by atoms with Crippen LogP contribution in [0.1, 0.15) is 12.5 Å². The van der Waals surface area contributed by atoms with Crippen LogP contribution in [-0.2, 0) is 9.47 Å². The molecule has 1 heterocycles. The van der Waals surface area contributed by atoms with Crippen LogP contribution in [0.3, 0.4) is 0 Å². The molecule has 0 amide bonds. The summed E-state index contributed by atoms with van der Waals surface area (Å²) in [6.45, 7) is 5.60. The van der Waals surface area contributed by atoms with Crippen LogP contribution in [0.4, 0.5) is 0 Å². The first kappa shape index (κ1) is 10.2. The number of pyridine rings is 1. The lowest BCUT2D eigenvalue weighted by Gasteiger charge is -2.02. The number of rotatable bonds is 6. The van der Waals surface area contributed by atoms with Crippen LogP contribution < -0.4 is 0 Å². The SMILES string of the molecule is CCOCCO[CH]c1cccnc1. The molecule has 0 bridgehead atoms. The Hall–Kier alpha value is -0.930. The Balaban J connectivity index is 2.07. The summed E-state index contributed by atoms with van der Waals surface area (Å²) in [6.07, 6.45) is 3.48. The van der Waals surface area contributed by atoms with Crippen molar-refractivity contribution in [3.05, 3.63) is 36.7 Å². The van der Waals surface area contributed by atoms with Crippen LogP contribution in [-0.4, -0.2) is 24.8 Å². The van der Waals surface area contributed by atoms with Crippen molar-refractivity contribution in [3.8, 4) is 0 Å². The molecule has 1 rings (SSSR count). The molecule has 1 aromatic rings. The van der Waals surface area contributed by atoms with Gasteiger partial charge in [0.15, 0.2) is 0 Å². The molecule has 0 saturated carbocycles. The van der Waals surface area contributed by atoms with Gasteiger partial charge in [-0.05, 0) is 13.0 Å². The van der Waals surface area contributed by atoms with Crippen molar-refractivity contribution in [2.75, 3.05) is 19.8 Å². The standard InChI is InChI=1S/C10H14NO2/c1-2-12-6-7-13-9-10-4-3-5-11-8-10/h3-5,8-9H,2,6-7H2,1H3. The molecule has 0 spiro atoms. The summed E-state index contributed by atoms with van der Waals surface area (Å²) in [4.78, 5) is 3.96. The lowest BCUT2D eigenvalue weighted by Crippen LogP contribution is -2.02. The summed E-state index contributed by atoms with van der Waals surface area (Å²) >= 11 is 0.